The van der Waals surface area contributed by atoms with E-state index in [2.05, 4.69) is 5.16 Å². The van der Waals surface area contributed by atoms with E-state index in [0.29, 0.717) is 6.42 Å². The number of hydrogen-bond donors (Lipinski definition) is 2. The average Bonchev–Trinajstić information content (AvgIpc) is 2.51. The van der Waals surface area contributed by atoms with Gasteiger partial charge in [0, 0.05) is 6.42 Å². The summed E-state index contributed by atoms with van der Waals surface area (Å²) in [6, 6.07) is 0. The van der Waals surface area contributed by atoms with E-state index < -0.39 is 5.97 Å². The van der Waals surface area contributed by atoms with Crippen LogP contribution in [-0.2, 0) is 4.79 Å². The van der Waals surface area contributed by atoms with Crippen molar-refractivity contribution in [3.8, 4) is 0 Å². The van der Waals surface area contributed by atoms with Crippen molar-refractivity contribution in [1.82, 2.24) is 0 Å². The molecule has 0 aliphatic rings. The highest BCUT2D eigenvalue weighted by Crippen LogP contribution is 2.13. The molecule has 0 bridgehead atoms. The summed E-state index contributed by atoms with van der Waals surface area (Å²) in [5.74, 6) is -0.672. The monoisotopic (exact) mass is 313 g/mol. The topological polar surface area (TPSA) is 69.9 Å². The van der Waals surface area contributed by atoms with Crippen LogP contribution in [0.1, 0.15) is 103 Å². The second kappa shape index (κ2) is 16.3. The Bertz CT molecular complexity index is 290. The number of hydrogen-bond acceptors (Lipinski definition) is 3. The van der Waals surface area contributed by atoms with E-state index in [1.165, 1.54) is 57.8 Å². The Labute approximate surface area is 136 Å². The van der Waals surface area contributed by atoms with Gasteiger partial charge in [0.05, 0.1) is 5.71 Å². The number of carboxylic acid groups (broad SMARTS) is 1. The van der Waals surface area contributed by atoms with Gasteiger partial charge in [-0.1, -0.05) is 76.3 Å². The highest BCUT2D eigenvalue weighted by atomic mass is 16.4. The molecule has 0 atom stereocenters. The Morgan fingerprint density at radius 1 is 0.727 bits per heavy atom. The Kier molecular flexibility index (Phi) is 15.5. The SMILES string of the molecule is CCC(CCCCCCCCCCCCCCC(=O)O)=NO. The zero-order valence-corrected chi connectivity index (χ0v) is 14.4. The molecule has 4 heteroatoms. The van der Waals surface area contributed by atoms with Crippen LogP contribution in [0, 0.1) is 0 Å². The molecule has 0 spiro atoms. The third-order valence-electron chi connectivity index (χ3n) is 4.16. The van der Waals surface area contributed by atoms with Gasteiger partial charge in [0.25, 0.3) is 0 Å². The quantitative estimate of drug-likeness (QED) is 0.164. The van der Waals surface area contributed by atoms with E-state index in [4.69, 9.17) is 10.3 Å². The molecule has 0 aromatic rings. The molecule has 0 aromatic carbocycles. The van der Waals surface area contributed by atoms with Gasteiger partial charge in [-0.3, -0.25) is 4.79 Å². The number of unbranched alkanes of at least 4 members (excludes halogenated alkanes) is 11. The van der Waals surface area contributed by atoms with Crippen LogP contribution in [0.5, 0.6) is 0 Å². The third kappa shape index (κ3) is 15.3. The summed E-state index contributed by atoms with van der Waals surface area (Å²) in [5, 5.41) is 20.5. The van der Waals surface area contributed by atoms with Crippen LogP contribution < -0.4 is 0 Å². The van der Waals surface area contributed by atoms with E-state index in [-0.39, 0.29) is 0 Å². The molecule has 22 heavy (non-hydrogen) atoms. The minimum absolute atomic E-state index is 0.323. The Balaban J connectivity index is 3.10. The zero-order valence-electron chi connectivity index (χ0n) is 14.4. The van der Waals surface area contributed by atoms with Crippen molar-refractivity contribution in [3.05, 3.63) is 0 Å². The summed E-state index contributed by atoms with van der Waals surface area (Å²) < 4.78 is 0. The average molecular weight is 313 g/mol. The molecule has 0 amide bonds. The normalized spacial score (nSPS) is 11.8. The maximum atomic E-state index is 10.3. The van der Waals surface area contributed by atoms with Crippen molar-refractivity contribution >= 4 is 11.7 Å². The zero-order chi connectivity index (χ0) is 16.5. The lowest BCUT2D eigenvalue weighted by atomic mass is 10.0. The number of nitrogens with zero attached hydrogens (tertiary/aromatic N) is 1. The fraction of sp³-hybridized carbons (Fsp3) is 0.889. The van der Waals surface area contributed by atoms with E-state index in [1.54, 1.807) is 0 Å². The predicted molar refractivity (Wildman–Crippen MR) is 91.8 cm³/mol. The Morgan fingerprint density at radius 3 is 1.41 bits per heavy atom. The van der Waals surface area contributed by atoms with Crippen LogP contribution in [0.4, 0.5) is 0 Å². The minimum Gasteiger partial charge on any atom is -0.481 e. The summed E-state index contributed by atoms with van der Waals surface area (Å²) in [7, 11) is 0. The van der Waals surface area contributed by atoms with Crippen molar-refractivity contribution in [2.75, 3.05) is 0 Å². The van der Waals surface area contributed by atoms with E-state index in [0.717, 1.165) is 37.8 Å². The Hall–Kier alpha value is -1.06. The van der Waals surface area contributed by atoms with E-state index in [1.807, 2.05) is 6.92 Å². The van der Waals surface area contributed by atoms with Gasteiger partial charge >= 0.3 is 5.97 Å². The first-order chi connectivity index (χ1) is 10.7. The molecule has 0 heterocycles. The first-order valence-corrected chi connectivity index (χ1v) is 9.12. The van der Waals surface area contributed by atoms with Crippen molar-refractivity contribution in [2.24, 2.45) is 5.16 Å². The van der Waals surface area contributed by atoms with Crippen molar-refractivity contribution in [3.63, 3.8) is 0 Å². The largest absolute Gasteiger partial charge is 0.481 e. The summed E-state index contributed by atoms with van der Waals surface area (Å²) in [6.45, 7) is 2.03. The first-order valence-electron chi connectivity index (χ1n) is 9.12. The van der Waals surface area contributed by atoms with Crippen molar-refractivity contribution in [2.45, 2.75) is 103 Å². The van der Waals surface area contributed by atoms with Gasteiger partial charge in [-0.15, -0.1) is 0 Å². The number of aliphatic carboxylic acids is 1. The fourth-order valence-corrected chi connectivity index (χ4v) is 2.67. The van der Waals surface area contributed by atoms with Crippen LogP contribution in [-0.4, -0.2) is 22.0 Å². The number of carbonyl (C=O) groups is 1. The number of carboxylic acids is 1. The molecule has 0 saturated heterocycles. The molecule has 0 aliphatic carbocycles. The van der Waals surface area contributed by atoms with Crippen LogP contribution in [0.15, 0.2) is 5.16 Å². The van der Waals surface area contributed by atoms with Crippen LogP contribution in [0.2, 0.25) is 0 Å². The van der Waals surface area contributed by atoms with Gasteiger partial charge in [0.1, 0.15) is 0 Å². The van der Waals surface area contributed by atoms with Gasteiger partial charge in [0.15, 0.2) is 0 Å². The molecule has 2 N–H and O–H groups in total. The standard InChI is InChI=1S/C18H35NO3/c1-2-17(19-22)15-13-11-9-7-5-3-4-6-8-10-12-14-16-18(20)21/h22H,2-16H2,1H3,(H,20,21). The summed E-state index contributed by atoms with van der Waals surface area (Å²) in [5.41, 5.74) is 0.920. The summed E-state index contributed by atoms with van der Waals surface area (Å²) in [6.07, 6.45) is 16.7. The van der Waals surface area contributed by atoms with Crippen LogP contribution in [0.3, 0.4) is 0 Å². The molecular weight excluding hydrogens is 278 g/mol. The van der Waals surface area contributed by atoms with Gasteiger partial charge in [0.2, 0.25) is 0 Å². The van der Waals surface area contributed by atoms with Gasteiger partial charge in [-0.05, 0) is 25.7 Å². The van der Waals surface area contributed by atoms with Crippen LogP contribution in [0.25, 0.3) is 0 Å². The third-order valence-corrected chi connectivity index (χ3v) is 4.16. The molecule has 0 aromatic heterocycles. The molecule has 0 unspecified atom stereocenters. The van der Waals surface area contributed by atoms with Gasteiger partial charge in [-0.2, -0.15) is 0 Å². The number of rotatable bonds is 16. The molecule has 0 rings (SSSR count). The maximum Gasteiger partial charge on any atom is 0.303 e. The smallest absolute Gasteiger partial charge is 0.303 e. The number of oxime groups is 1. The lowest BCUT2D eigenvalue weighted by Crippen LogP contribution is -1.95. The fourth-order valence-electron chi connectivity index (χ4n) is 2.67. The van der Waals surface area contributed by atoms with Gasteiger partial charge in [-0.25, -0.2) is 0 Å². The molecule has 4 nitrogen and oxygen atoms in total. The molecular formula is C18H35NO3. The maximum absolute atomic E-state index is 10.3. The summed E-state index contributed by atoms with van der Waals surface area (Å²) in [4.78, 5) is 10.3. The highest BCUT2D eigenvalue weighted by Gasteiger charge is 1.98. The predicted octanol–water partition coefficient (Wildman–Crippen LogP) is 5.77. The van der Waals surface area contributed by atoms with Crippen molar-refractivity contribution < 1.29 is 15.1 Å². The second-order valence-corrected chi connectivity index (χ2v) is 6.16. The molecule has 0 fully saturated rings. The van der Waals surface area contributed by atoms with Gasteiger partial charge < -0.3 is 10.3 Å². The summed E-state index contributed by atoms with van der Waals surface area (Å²) >= 11 is 0. The Morgan fingerprint density at radius 2 is 1.09 bits per heavy atom. The second-order valence-electron chi connectivity index (χ2n) is 6.16. The lowest BCUT2D eigenvalue weighted by molar-refractivity contribution is -0.137. The highest BCUT2D eigenvalue weighted by molar-refractivity contribution is 5.83. The first kappa shape index (κ1) is 20.9. The molecule has 0 radical (unpaired) electrons. The lowest BCUT2D eigenvalue weighted by Gasteiger charge is -2.03. The van der Waals surface area contributed by atoms with Crippen LogP contribution >= 0.6 is 0 Å². The molecule has 130 valence electrons. The minimum atomic E-state index is -0.672. The van der Waals surface area contributed by atoms with E-state index >= 15 is 0 Å². The molecule has 0 aliphatic heterocycles. The molecule has 0 saturated carbocycles. The van der Waals surface area contributed by atoms with Crippen molar-refractivity contribution in [1.29, 1.82) is 0 Å². The van der Waals surface area contributed by atoms with E-state index in [9.17, 15) is 4.79 Å².